The summed E-state index contributed by atoms with van der Waals surface area (Å²) in [6, 6.07) is 10.8. The van der Waals surface area contributed by atoms with Gasteiger partial charge in [-0.15, -0.1) is 0 Å². The fourth-order valence-electron chi connectivity index (χ4n) is 2.34. The van der Waals surface area contributed by atoms with E-state index in [1.165, 1.54) is 6.21 Å². The van der Waals surface area contributed by atoms with Gasteiger partial charge in [-0.1, -0.05) is 17.7 Å². The van der Waals surface area contributed by atoms with Gasteiger partial charge in [0.1, 0.15) is 19.0 Å². The largest absolute Gasteiger partial charge is 0.497 e. The summed E-state index contributed by atoms with van der Waals surface area (Å²) >= 11 is 6.16. The Kier molecular flexibility index (Phi) is 5.80. The van der Waals surface area contributed by atoms with E-state index in [0.29, 0.717) is 41.0 Å². The van der Waals surface area contributed by atoms with Crippen molar-refractivity contribution >= 4 is 29.4 Å². The van der Waals surface area contributed by atoms with Gasteiger partial charge >= 0.3 is 0 Å². The third-order valence-corrected chi connectivity index (χ3v) is 3.83. The number of carbonyl (C=O) groups excluding carboxylic acids is 1. The number of rotatable bonds is 6. The normalized spacial score (nSPS) is 12.7. The fourth-order valence-corrected chi connectivity index (χ4v) is 2.61. The van der Waals surface area contributed by atoms with Crippen LogP contribution in [0.5, 0.6) is 17.2 Å². The molecule has 26 heavy (non-hydrogen) atoms. The van der Waals surface area contributed by atoms with Crippen LogP contribution in [0.1, 0.15) is 5.56 Å². The zero-order chi connectivity index (χ0) is 18.4. The van der Waals surface area contributed by atoms with Crippen molar-refractivity contribution in [1.29, 1.82) is 0 Å². The van der Waals surface area contributed by atoms with E-state index in [-0.39, 0.29) is 12.5 Å². The van der Waals surface area contributed by atoms with Crippen molar-refractivity contribution in [1.82, 2.24) is 5.43 Å². The Balaban J connectivity index is 1.53. The summed E-state index contributed by atoms with van der Waals surface area (Å²) in [6.07, 6.45) is 1.49. The van der Waals surface area contributed by atoms with Crippen molar-refractivity contribution in [3.8, 4) is 17.2 Å². The predicted octanol–water partition coefficient (Wildman–Crippen LogP) is 2.68. The summed E-state index contributed by atoms with van der Waals surface area (Å²) in [6.45, 7) is 1.01. The Morgan fingerprint density at radius 3 is 3.00 bits per heavy atom. The van der Waals surface area contributed by atoms with Crippen LogP contribution in [0.3, 0.4) is 0 Å². The highest BCUT2D eigenvalue weighted by molar-refractivity contribution is 6.32. The topological polar surface area (TPSA) is 81.2 Å². The van der Waals surface area contributed by atoms with Gasteiger partial charge in [-0.3, -0.25) is 4.79 Å². The van der Waals surface area contributed by atoms with Gasteiger partial charge in [0.15, 0.2) is 11.5 Å². The van der Waals surface area contributed by atoms with E-state index in [9.17, 15) is 4.79 Å². The first kappa shape index (κ1) is 17.9. The smallest absolute Gasteiger partial charge is 0.259 e. The lowest BCUT2D eigenvalue weighted by Gasteiger charge is -2.19. The number of amides is 1. The minimum atomic E-state index is -0.285. The van der Waals surface area contributed by atoms with E-state index < -0.39 is 0 Å². The Bertz CT molecular complexity index is 826. The van der Waals surface area contributed by atoms with Crippen molar-refractivity contribution in [2.45, 2.75) is 0 Å². The highest BCUT2D eigenvalue weighted by Gasteiger charge is 2.16. The molecule has 0 radical (unpaired) electrons. The number of carbonyl (C=O) groups is 1. The molecule has 1 amide bonds. The quantitative estimate of drug-likeness (QED) is 0.599. The van der Waals surface area contributed by atoms with Gasteiger partial charge in [0, 0.05) is 11.8 Å². The maximum absolute atomic E-state index is 11.9. The molecule has 0 saturated heterocycles. The van der Waals surface area contributed by atoms with E-state index >= 15 is 0 Å². The van der Waals surface area contributed by atoms with Crippen LogP contribution in [0.15, 0.2) is 41.5 Å². The SMILES string of the molecule is COc1cccc(NCC(=O)N/N=C\c2cc(Cl)c3c(c2)OCCO3)c1. The molecule has 0 fully saturated rings. The number of hydrazone groups is 1. The van der Waals surface area contributed by atoms with Gasteiger partial charge < -0.3 is 19.5 Å². The molecule has 0 saturated carbocycles. The number of hydrogen-bond donors (Lipinski definition) is 2. The third-order valence-electron chi connectivity index (χ3n) is 3.54. The molecule has 0 unspecified atom stereocenters. The number of nitrogens with zero attached hydrogens (tertiary/aromatic N) is 1. The van der Waals surface area contributed by atoms with Gasteiger partial charge in [-0.25, -0.2) is 5.43 Å². The first-order valence-electron chi connectivity index (χ1n) is 7.94. The molecule has 0 aromatic heterocycles. The van der Waals surface area contributed by atoms with Crippen LogP contribution in [0.4, 0.5) is 5.69 Å². The molecule has 7 nitrogen and oxygen atoms in total. The van der Waals surface area contributed by atoms with Crippen LogP contribution in [-0.2, 0) is 4.79 Å². The van der Waals surface area contributed by atoms with E-state index in [0.717, 1.165) is 5.69 Å². The standard InChI is InChI=1S/C18H18ClN3O4/c1-24-14-4-2-3-13(9-14)20-11-17(23)22-21-10-12-7-15(19)18-16(8-12)25-5-6-26-18/h2-4,7-10,20H,5-6,11H2,1H3,(H,22,23)/b21-10-. The maximum atomic E-state index is 11.9. The number of anilines is 1. The van der Waals surface area contributed by atoms with Crippen LogP contribution in [0.25, 0.3) is 0 Å². The second kappa shape index (κ2) is 8.44. The van der Waals surface area contributed by atoms with Crippen molar-refractivity contribution in [3.63, 3.8) is 0 Å². The minimum absolute atomic E-state index is 0.0758. The molecule has 1 aliphatic rings. The van der Waals surface area contributed by atoms with Gasteiger partial charge in [-0.05, 0) is 29.8 Å². The molecule has 2 aromatic rings. The van der Waals surface area contributed by atoms with Crippen molar-refractivity contribution in [3.05, 3.63) is 47.0 Å². The van der Waals surface area contributed by atoms with Gasteiger partial charge in [-0.2, -0.15) is 5.10 Å². The summed E-state index contributed by atoms with van der Waals surface area (Å²) in [4.78, 5) is 11.9. The van der Waals surface area contributed by atoms with E-state index in [1.54, 1.807) is 25.3 Å². The van der Waals surface area contributed by atoms with E-state index in [2.05, 4.69) is 15.8 Å². The van der Waals surface area contributed by atoms with Crippen LogP contribution < -0.4 is 25.0 Å². The Morgan fingerprint density at radius 1 is 1.31 bits per heavy atom. The fraction of sp³-hybridized carbons (Fsp3) is 0.222. The molecule has 1 heterocycles. The van der Waals surface area contributed by atoms with Crippen LogP contribution in [0.2, 0.25) is 5.02 Å². The summed E-state index contributed by atoms with van der Waals surface area (Å²) < 4.78 is 16.1. The second-order valence-corrected chi connectivity index (χ2v) is 5.81. The summed E-state index contributed by atoms with van der Waals surface area (Å²) in [5.74, 6) is 1.52. The molecule has 8 heteroatoms. The average Bonchev–Trinajstić information content (AvgIpc) is 2.66. The Labute approximate surface area is 155 Å². The molecular weight excluding hydrogens is 358 g/mol. The number of halogens is 1. The monoisotopic (exact) mass is 375 g/mol. The van der Waals surface area contributed by atoms with Gasteiger partial charge in [0.25, 0.3) is 5.91 Å². The predicted molar refractivity (Wildman–Crippen MR) is 99.7 cm³/mol. The number of methoxy groups -OCH3 is 1. The average molecular weight is 376 g/mol. The molecule has 2 aromatic carbocycles. The van der Waals surface area contributed by atoms with Crippen LogP contribution >= 0.6 is 11.6 Å². The zero-order valence-electron chi connectivity index (χ0n) is 14.1. The maximum Gasteiger partial charge on any atom is 0.259 e. The number of fused-ring (bicyclic) bond motifs is 1. The minimum Gasteiger partial charge on any atom is -0.497 e. The van der Waals surface area contributed by atoms with Crippen LogP contribution in [-0.4, -0.2) is 39.0 Å². The molecular formula is C18H18ClN3O4. The summed E-state index contributed by atoms with van der Waals surface area (Å²) in [7, 11) is 1.59. The van der Waals surface area contributed by atoms with Crippen molar-refractivity contribution in [2.24, 2.45) is 5.10 Å². The van der Waals surface area contributed by atoms with E-state index in [4.69, 9.17) is 25.8 Å². The van der Waals surface area contributed by atoms with Crippen molar-refractivity contribution < 1.29 is 19.0 Å². The molecule has 0 atom stereocenters. The lowest BCUT2D eigenvalue weighted by Crippen LogP contribution is -2.25. The molecule has 3 rings (SSSR count). The second-order valence-electron chi connectivity index (χ2n) is 5.41. The lowest BCUT2D eigenvalue weighted by atomic mass is 10.2. The van der Waals surface area contributed by atoms with Gasteiger partial charge in [0.2, 0.25) is 0 Å². The van der Waals surface area contributed by atoms with Gasteiger partial charge in [0.05, 0.1) is 24.9 Å². The Morgan fingerprint density at radius 2 is 2.15 bits per heavy atom. The van der Waals surface area contributed by atoms with Crippen molar-refractivity contribution in [2.75, 3.05) is 32.2 Å². The highest BCUT2D eigenvalue weighted by atomic mass is 35.5. The summed E-state index contributed by atoms with van der Waals surface area (Å²) in [5, 5.41) is 7.37. The number of hydrogen-bond acceptors (Lipinski definition) is 6. The molecule has 2 N–H and O–H groups in total. The number of nitrogens with one attached hydrogen (secondary N) is 2. The zero-order valence-corrected chi connectivity index (χ0v) is 14.9. The lowest BCUT2D eigenvalue weighted by molar-refractivity contribution is -0.119. The molecule has 1 aliphatic heterocycles. The molecule has 0 bridgehead atoms. The highest BCUT2D eigenvalue weighted by Crippen LogP contribution is 2.37. The Hall–Kier alpha value is -2.93. The van der Waals surface area contributed by atoms with Crippen LogP contribution in [0, 0.1) is 0 Å². The molecule has 0 spiro atoms. The first-order chi connectivity index (χ1) is 12.7. The number of benzene rings is 2. The first-order valence-corrected chi connectivity index (χ1v) is 8.32. The molecule has 0 aliphatic carbocycles. The number of ether oxygens (including phenoxy) is 3. The third kappa shape index (κ3) is 4.58. The molecule has 136 valence electrons. The summed E-state index contributed by atoms with van der Waals surface area (Å²) in [5.41, 5.74) is 3.93. The van der Waals surface area contributed by atoms with E-state index in [1.807, 2.05) is 18.2 Å².